The number of amides is 1. The van der Waals surface area contributed by atoms with E-state index in [0.29, 0.717) is 25.6 Å². The van der Waals surface area contributed by atoms with Gasteiger partial charge in [-0.05, 0) is 26.0 Å². The van der Waals surface area contributed by atoms with Crippen LogP contribution in [0.1, 0.15) is 13.8 Å². The first-order chi connectivity index (χ1) is 9.72. The number of carbonyl (C=O) groups is 1. The van der Waals surface area contributed by atoms with E-state index in [2.05, 4.69) is 10.2 Å². The zero-order valence-corrected chi connectivity index (χ0v) is 12.1. The minimum absolute atomic E-state index is 0.0148. The standard InChI is InChI=1S/C15H22N2O3/c1-3-20-14-7-5-4-6-13(14)16-15(18)12(2)17-8-10-19-11-9-17/h4-7,12H,3,8-11H2,1-2H3,(H,16,18)/t12-/m1/s1. The molecule has 1 amide bonds. The van der Waals surface area contributed by atoms with Crippen molar-refractivity contribution < 1.29 is 14.3 Å². The van der Waals surface area contributed by atoms with E-state index in [4.69, 9.17) is 9.47 Å². The molecule has 1 aliphatic rings. The molecule has 0 spiro atoms. The van der Waals surface area contributed by atoms with Gasteiger partial charge in [-0.3, -0.25) is 9.69 Å². The second-order valence-corrected chi connectivity index (χ2v) is 4.74. The Hall–Kier alpha value is -1.59. The summed E-state index contributed by atoms with van der Waals surface area (Å²) in [5, 5.41) is 2.95. The molecule has 5 heteroatoms. The molecule has 1 aromatic rings. The Morgan fingerprint density at radius 3 is 2.80 bits per heavy atom. The molecule has 1 aromatic carbocycles. The first-order valence-corrected chi connectivity index (χ1v) is 7.07. The van der Waals surface area contributed by atoms with Gasteiger partial charge in [-0.25, -0.2) is 0 Å². The van der Waals surface area contributed by atoms with Crippen LogP contribution in [0.2, 0.25) is 0 Å². The normalized spacial score (nSPS) is 17.5. The molecule has 0 radical (unpaired) electrons. The van der Waals surface area contributed by atoms with Gasteiger partial charge in [-0.15, -0.1) is 0 Å². The molecule has 1 N–H and O–H groups in total. The molecule has 5 nitrogen and oxygen atoms in total. The fourth-order valence-corrected chi connectivity index (χ4v) is 2.22. The number of nitrogens with one attached hydrogen (secondary N) is 1. The fraction of sp³-hybridized carbons (Fsp3) is 0.533. The van der Waals surface area contributed by atoms with Gasteiger partial charge in [0.1, 0.15) is 5.75 Å². The Labute approximate surface area is 119 Å². The van der Waals surface area contributed by atoms with Gasteiger partial charge >= 0.3 is 0 Å². The molecule has 0 unspecified atom stereocenters. The SMILES string of the molecule is CCOc1ccccc1NC(=O)[C@@H](C)N1CCOCC1. The number of morpholine rings is 1. The van der Waals surface area contributed by atoms with Gasteiger partial charge in [-0.2, -0.15) is 0 Å². The summed E-state index contributed by atoms with van der Waals surface area (Å²) in [5.74, 6) is 0.691. The van der Waals surface area contributed by atoms with Crippen LogP contribution in [0.5, 0.6) is 5.75 Å². The van der Waals surface area contributed by atoms with Gasteiger partial charge in [-0.1, -0.05) is 12.1 Å². The summed E-state index contributed by atoms with van der Waals surface area (Å²) >= 11 is 0. The summed E-state index contributed by atoms with van der Waals surface area (Å²) in [4.78, 5) is 14.4. The van der Waals surface area contributed by atoms with Crippen molar-refractivity contribution in [2.45, 2.75) is 19.9 Å². The largest absolute Gasteiger partial charge is 0.492 e. The Bertz CT molecular complexity index is 444. The molecule has 2 rings (SSSR count). The van der Waals surface area contributed by atoms with E-state index in [1.54, 1.807) is 0 Å². The zero-order chi connectivity index (χ0) is 14.4. The summed E-state index contributed by atoms with van der Waals surface area (Å²) in [6.07, 6.45) is 0. The topological polar surface area (TPSA) is 50.8 Å². The van der Waals surface area contributed by atoms with E-state index in [-0.39, 0.29) is 11.9 Å². The van der Waals surface area contributed by atoms with Gasteiger partial charge in [0.15, 0.2) is 0 Å². The molecule has 1 atom stereocenters. The van der Waals surface area contributed by atoms with Gasteiger partial charge < -0.3 is 14.8 Å². The van der Waals surface area contributed by atoms with Crippen LogP contribution in [-0.2, 0) is 9.53 Å². The van der Waals surface area contributed by atoms with Crippen molar-refractivity contribution in [3.05, 3.63) is 24.3 Å². The van der Waals surface area contributed by atoms with E-state index in [0.717, 1.165) is 18.8 Å². The number of hydrogen-bond donors (Lipinski definition) is 1. The predicted octanol–water partition coefficient (Wildman–Crippen LogP) is 1.74. The molecule has 1 fully saturated rings. The average Bonchev–Trinajstić information content (AvgIpc) is 2.49. The molecule has 1 saturated heterocycles. The molecular formula is C15H22N2O3. The van der Waals surface area contributed by atoms with Crippen molar-refractivity contribution in [1.29, 1.82) is 0 Å². The van der Waals surface area contributed by atoms with Crippen molar-refractivity contribution in [1.82, 2.24) is 4.90 Å². The number of hydrogen-bond acceptors (Lipinski definition) is 4. The maximum atomic E-state index is 12.3. The monoisotopic (exact) mass is 278 g/mol. The fourth-order valence-electron chi connectivity index (χ4n) is 2.22. The highest BCUT2D eigenvalue weighted by Gasteiger charge is 2.23. The highest BCUT2D eigenvalue weighted by Crippen LogP contribution is 2.24. The summed E-state index contributed by atoms with van der Waals surface area (Å²) in [5.41, 5.74) is 0.722. The van der Waals surface area contributed by atoms with Crippen LogP contribution in [0.25, 0.3) is 0 Å². The number of benzene rings is 1. The number of nitrogens with zero attached hydrogens (tertiary/aromatic N) is 1. The Morgan fingerprint density at radius 1 is 1.40 bits per heavy atom. The van der Waals surface area contributed by atoms with E-state index < -0.39 is 0 Å². The lowest BCUT2D eigenvalue weighted by Crippen LogP contribution is -2.47. The molecule has 1 heterocycles. The minimum Gasteiger partial charge on any atom is -0.492 e. The molecule has 1 aliphatic heterocycles. The van der Waals surface area contributed by atoms with Crippen LogP contribution < -0.4 is 10.1 Å². The molecule has 0 saturated carbocycles. The second-order valence-electron chi connectivity index (χ2n) is 4.74. The second kappa shape index (κ2) is 7.26. The first-order valence-electron chi connectivity index (χ1n) is 7.07. The third-order valence-corrected chi connectivity index (χ3v) is 3.42. The van der Waals surface area contributed by atoms with Crippen LogP contribution in [0.15, 0.2) is 24.3 Å². The minimum atomic E-state index is -0.173. The summed E-state index contributed by atoms with van der Waals surface area (Å²) in [7, 11) is 0. The molecular weight excluding hydrogens is 256 g/mol. The first kappa shape index (κ1) is 14.8. The maximum Gasteiger partial charge on any atom is 0.241 e. The zero-order valence-electron chi connectivity index (χ0n) is 12.1. The predicted molar refractivity (Wildman–Crippen MR) is 78.1 cm³/mol. The number of para-hydroxylation sites is 2. The van der Waals surface area contributed by atoms with Gasteiger partial charge in [0.25, 0.3) is 0 Å². The van der Waals surface area contributed by atoms with Crippen LogP contribution in [-0.4, -0.2) is 49.8 Å². The highest BCUT2D eigenvalue weighted by molar-refractivity contribution is 5.95. The van der Waals surface area contributed by atoms with Crippen LogP contribution in [0.4, 0.5) is 5.69 Å². The van der Waals surface area contributed by atoms with Crippen LogP contribution in [0, 0.1) is 0 Å². The van der Waals surface area contributed by atoms with E-state index in [1.165, 1.54) is 0 Å². The van der Waals surface area contributed by atoms with Crippen LogP contribution >= 0.6 is 0 Å². The summed E-state index contributed by atoms with van der Waals surface area (Å²) in [6.45, 7) is 7.38. The molecule has 0 bridgehead atoms. The van der Waals surface area contributed by atoms with Gasteiger partial charge in [0.05, 0.1) is 31.5 Å². The highest BCUT2D eigenvalue weighted by atomic mass is 16.5. The third kappa shape index (κ3) is 3.71. The lowest BCUT2D eigenvalue weighted by Gasteiger charge is -2.31. The number of ether oxygens (including phenoxy) is 2. The number of carbonyl (C=O) groups excluding carboxylic acids is 1. The Morgan fingerprint density at radius 2 is 2.10 bits per heavy atom. The van der Waals surface area contributed by atoms with E-state index in [9.17, 15) is 4.79 Å². The number of anilines is 1. The lowest BCUT2D eigenvalue weighted by atomic mass is 10.2. The van der Waals surface area contributed by atoms with Gasteiger partial charge in [0.2, 0.25) is 5.91 Å². The van der Waals surface area contributed by atoms with Crippen molar-refractivity contribution in [3.8, 4) is 5.75 Å². The molecule has 110 valence electrons. The molecule has 20 heavy (non-hydrogen) atoms. The van der Waals surface area contributed by atoms with Crippen molar-refractivity contribution in [2.75, 3.05) is 38.2 Å². The molecule has 0 aliphatic carbocycles. The Balaban J connectivity index is 1.99. The smallest absolute Gasteiger partial charge is 0.241 e. The van der Waals surface area contributed by atoms with E-state index >= 15 is 0 Å². The van der Waals surface area contributed by atoms with Crippen molar-refractivity contribution >= 4 is 11.6 Å². The van der Waals surface area contributed by atoms with Crippen molar-refractivity contribution in [2.24, 2.45) is 0 Å². The Kier molecular flexibility index (Phi) is 5.38. The third-order valence-electron chi connectivity index (χ3n) is 3.42. The molecule has 0 aromatic heterocycles. The summed E-state index contributed by atoms with van der Waals surface area (Å²) < 4.78 is 10.8. The van der Waals surface area contributed by atoms with Crippen LogP contribution in [0.3, 0.4) is 0 Å². The van der Waals surface area contributed by atoms with Crippen molar-refractivity contribution in [3.63, 3.8) is 0 Å². The van der Waals surface area contributed by atoms with Gasteiger partial charge in [0, 0.05) is 13.1 Å². The lowest BCUT2D eigenvalue weighted by molar-refractivity contribution is -0.122. The number of rotatable bonds is 5. The maximum absolute atomic E-state index is 12.3. The van der Waals surface area contributed by atoms with E-state index in [1.807, 2.05) is 38.1 Å². The quantitative estimate of drug-likeness (QED) is 0.891. The summed E-state index contributed by atoms with van der Waals surface area (Å²) in [6, 6.07) is 7.32. The average molecular weight is 278 g/mol.